The fourth-order valence-corrected chi connectivity index (χ4v) is 5.06. The minimum absolute atomic E-state index is 0.174. The topological polar surface area (TPSA) is 51.2 Å². The minimum Gasteiger partial charge on any atom is -0.507 e. The summed E-state index contributed by atoms with van der Waals surface area (Å²) in [5.41, 5.74) is 5.21. The number of benzene rings is 3. The third-order valence-electron chi connectivity index (χ3n) is 6.83. The first-order valence-electron chi connectivity index (χ1n) is 10.6. The molecule has 0 amide bonds. The van der Waals surface area contributed by atoms with Crippen LogP contribution in [0.3, 0.4) is 0 Å². The van der Waals surface area contributed by atoms with Crippen LogP contribution >= 0.6 is 0 Å². The van der Waals surface area contributed by atoms with Gasteiger partial charge in [-0.1, -0.05) is 12.1 Å². The molecule has 31 heavy (non-hydrogen) atoms. The Kier molecular flexibility index (Phi) is 5.48. The standard InChI is InChI=1S/C26H31NO4/c1-14-11-21(30-6)26-17(9-8-10-20(26)29-5)23(14)25-18-12-15(2)27(4)16(3)24(18)22(31-7)13-19(25)28/h8-11,13,15-16,28H,12H2,1-7H3/t15-,16+/m0/s1. The fraction of sp³-hybridized carbons (Fsp3) is 0.385. The molecule has 5 heteroatoms. The van der Waals surface area contributed by atoms with Crippen molar-refractivity contribution in [3.8, 4) is 34.1 Å². The van der Waals surface area contributed by atoms with E-state index in [4.69, 9.17) is 14.2 Å². The van der Waals surface area contributed by atoms with E-state index in [9.17, 15) is 5.11 Å². The van der Waals surface area contributed by atoms with Crippen LogP contribution in [0.25, 0.3) is 21.9 Å². The number of hydrogen-bond donors (Lipinski definition) is 1. The number of aromatic hydroxyl groups is 1. The van der Waals surface area contributed by atoms with Gasteiger partial charge in [-0.3, -0.25) is 4.90 Å². The van der Waals surface area contributed by atoms with Crippen LogP contribution in [0.2, 0.25) is 0 Å². The number of phenolic OH excluding ortho intramolecular Hbond substituents is 1. The molecule has 164 valence electrons. The van der Waals surface area contributed by atoms with Crippen molar-refractivity contribution in [3.63, 3.8) is 0 Å². The van der Waals surface area contributed by atoms with Gasteiger partial charge >= 0.3 is 0 Å². The number of methoxy groups -OCH3 is 3. The van der Waals surface area contributed by atoms with Gasteiger partial charge < -0.3 is 19.3 Å². The molecule has 3 aromatic carbocycles. The third-order valence-corrected chi connectivity index (χ3v) is 6.83. The molecule has 2 atom stereocenters. The van der Waals surface area contributed by atoms with Gasteiger partial charge in [-0.15, -0.1) is 0 Å². The lowest BCUT2D eigenvalue weighted by Crippen LogP contribution is -2.38. The summed E-state index contributed by atoms with van der Waals surface area (Å²) in [5, 5.41) is 13.2. The summed E-state index contributed by atoms with van der Waals surface area (Å²) in [7, 11) is 7.15. The first-order chi connectivity index (χ1) is 14.8. The van der Waals surface area contributed by atoms with Crippen molar-refractivity contribution in [1.29, 1.82) is 0 Å². The van der Waals surface area contributed by atoms with Crippen molar-refractivity contribution in [1.82, 2.24) is 4.90 Å². The first kappa shape index (κ1) is 21.3. The molecule has 0 radical (unpaired) electrons. The molecule has 1 N–H and O–H groups in total. The van der Waals surface area contributed by atoms with Crippen LogP contribution in [0.4, 0.5) is 0 Å². The second-order valence-corrected chi connectivity index (χ2v) is 8.41. The molecule has 1 aliphatic rings. The zero-order valence-electron chi connectivity index (χ0n) is 19.4. The van der Waals surface area contributed by atoms with Gasteiger partial charge in [0, 0.05) is 29.3 Å². The Balaban J connectivity index is 2.15. The SMILES string of the molecule is COc1cc(O)c(-c2c(C)cc(OC)c3c(OC)cccc23)c2c1[C@@H](C)N(C)[C@@H](C)C2. The minimum atomic E-state index is 0.174. The van der Waals surface area contributed by atoms with Gasteiger partial charge in [-0.05, 0) is 68.4 Å². The van der Waals surface area contributed by atoms with Crippen molar-refractivity contribution >= 4 is 10.8 Å². The molecule has 0 aromatic heterocycles. The highest BCUT2D eigenvalue weighted by Crippen LogP contribution is 2.50. The molecule has 0 spiro atoms. The van der Waals surface area contributed by atoms with Gasteiger partial charge in [-0.2, -0.15) is 0 Å². The van der Waals surface area contributed by atoms with E-state index in [0.717, 1.165) is 62.3 Å². The molecular formula is C26H31NO4. The average Bonchev–Trinajstić information content (AvgIpc) is 2.76. The smallest absolute Gasteiger partial charge is 0.130 e. The average molecular weight is 422 g/mol. The largest absolute Gasteiger partial charge is 0.507 e. The number of phenols is 1. The van der Waals surface area contributed by atoms with E-state index < -0.39 is 0 Å². The summed E-state index contributed by atoms with van der Waals surface area (Å²) in [5.74, 6) is 2.48. The van der Waals surface area contributed by atoms with E-state index in [1.165, 1.54) is 0 Å². The number of nitrogens with zero attached hydrogens (tertiary/aromatic N) is 1. The molecule has 5 nitrogen and oxygen atoms in total. The maximum absolute atomic E-state index is 11.3. The van der Waals surface area contributed by atoms with Crippen molar-refractivity contribution < 1.29 is 19.3 Å². The maximum Gasteiger partial charge on any atom is 0.130 e. The molecule has 0 aliphatic carbocycles. The Bertz CT molecular complexity index is 1150. The Hall–Kier alpha value is -2.92. The summed E-state index contributed by atoms with van der Waals surface area (Å²) in [6.45, 7) is 6.48. The normalized spacial score (nSPS) is 18.7. The quantitative estimate of drug-likeness (QED) is 0.604. The van der Waals surface area contributed by atoms with Gasteiger partial charge in [-0.25, -0.2) is 0 Å². The predicted molar refractivity (Wildman–Crippen MR) is 125 cm³/mol. The van der Waals surface area contributed by atoms with Crippen LogP contribution in [-0.2, 0) is 6.42 Å². The number of likely N-dealkylation sites (N-methyl/N-ethyl adjacent to an activating group) is 1. The molecule has 0 bridgehead atoms. The number of aryl methyl sites for hydroxylation is 1. The Morgan fingerprint density at radius 1 is 0.935 bits per heavy atom. The summed E-state index contributed by atoms with van der Waals surface area (Å²) in [6.07, 6.45) is 0.827. The number of fused-ring (bicyclic) bond motifs is 2. The van der Waals surface area contributed by atoms with Crippen molar-refractivity contribution in [2.24, 2.45) is 0 Å². The Labute approximate surface area is 184 Å². The van der Waals surface area contributed by atoms with Gasteiger partial charge in [0.15, 0.2) is 0 Å². The van der Waals surface area contributed by atoms with E-state index in [-0.39, 0.29) is 11.8 Å². The highest BCUT2D eigenvalue weighted by Gasteiger charge is 2.33. The lowest BCUT2D eigenvalue weighted by Gasteiger charge is -2.39. The lowest BCUT2D eigenvalue weighted by molar-refractivity contribution is 0.175. The summed E-state index contributed by atoms with van der Waals surface area (Å²) in [6, 6.07) is 10.3. The van der Waals surface area contributed by atoms with Crippen LogP contribution in [0, 0.1) is 6.92 Å². The van der Waals surface area contributed by atoms with E-state index >= 15 is 0 Å². The number of hydrogen-bond acceptors (Lipinski definition) is 5. The highest BCUT2D eigenvalue weighted by molar-refractivity contribution is 6.06. The number of ether oxygens (including phenoxy) is 3. The van der Waals surface area contributed by atoms with Crippen molar-refractivity contribution in [2.45, 2.75) is 39.3 Å². The third kappa shape index (κ3) is 3.19. The summed E-state index contributed by atoms with van der Waals surface area (Å²) >= 11 is 0. The maximum atomic E-state index is 11.3. The number of rotatable bonds is 4. The molecule has 0 fully saturated rings. The van der Waals surface area contributed by atoms with Crippen LogP contribution in [0.5, 0.6) is 23.0 Å². The van der Waals surface area contributed by atoms with Gasteiger partial charge in [0.2, 0.25) is 0 Å². The van der Waals surface area contributed by atoms with Crippen LogP contribution in [0.15, 0.2) is 30.3 Å². The van der Waals surface area contributed by atoms with Gasteiger partial charge in [0.05, 0.1) is 26.7 Å². The molecule has 3 aromatic rings. The van der Waals surface area contributed by atoms with Crippen molar-refractivity contribution in [2.75, 3.05) is 28.4 Å². The summed E-state index contributed by atoms with van der Waals surface area (Å²) < 4.78 is 17.1. The molecule has 0 unspecified atom stereocenters. The van der Waals surface area contributed by atoms with Gasteiger partial charge in [0.1, 0.15) is 23.0 Å². The van der Waals surface area contributed by atoms with E-state index in [1.54, 1.807) is 27.4 Å². The second kappa shape index (κ2) is 7.97. The zero-order chi connectivity index (χ0) is 22.4. The van der Waals surface area contributed by atoms with Gasteiger partial charge in [0.25, 0.3) is 0 Å². The summed E-state index contributed by atoms with van der Waals surface area (Å²) in [4.78, 5) is 2.35. The van der Waals surface area contributed by atoms with E-state index in [2.05, 4.69) is 38.8 Å². The molecular weight excluding hydrogens is 390 g/mol. The van der Waals surface area contributed by atoms with Crippen LogP contribution in [0.1, 0.15) is 36.6 Å². The molecule has 0 saturated carbocycles. The van der Waals surface area contributed by atoms with E-state index in [1.807, 2.05) is 18.2 Å². The zero-order valence-corrected chi connectivity index (χ0v) is 19.4. The fourth-order valence-electron chi connectivity index (χ4n) is 5.06. The Morgan fingerprint density at radius 2 is 1.61 bits per heavy atom. The molecule has 0 saturated heterocycles. The first-order valence-corrected chi connectivity index (χ1v) is 10.6. The molecule has 1 aliphatic heterocycles. The Morgan fingerprint density at radius 3 is 2.26 bits per heavy atom. The predicted octanol–water partition coefficient (Wildman–Crippen LogP) is 5.48. The molecule has 4 rings (SSSR count). The lowest BCUT2D eigenvalue weighted by atomic mass is 9.81. The highest BCUT2D eigenvalue weighted by atomic mass is 16.5. The van der Waals surface area contributed by atoms with Crippen LogP contribution < -0.4 is 14.2 Å². The van der Waals surface area contributed by atoms with E-state index in [0.29, 0.717) is 6.04 Å². The monoisotopic (exact) mass is 421 g/mol. The van der Waals surface area contributed by atoms with Crippen molar-refractivity contribution in [3.05, 3.63) is 47.0 Å². The second-order valence-electron chi connectivity index (χ2n) is 8.41. The van der Waals surface area contributed by atoms with Crippen LogP contribution in [-0.4, -0.2) is 44.4 Å². The molecule has 1 heterocycles.